The lowest BCUT2D eigenvalue weighted by atomic mass is 9.86. The monoisotopic (exact) mass is 468 g/mol. The lowest BCUT2D eigenvalue weighted by Crippen LogP contribution is -2.25. The molecule has 0 radical (unpaired) electrons. The maximum Gasteiger partial charge on any atom is 0.226 e. The van der Waals surface area contributed by atoms with Gasteiger partial charge in [-0.05, 0) is 52.7 Å². The van der Waals surface area contributed by atoms with Crippen molar-refractivity contribution in [2.24, 2.45) is 0 Å². The zero-order chi connectivity index (χ0) is 20.1. The molecule has 0 saturated carbocycles. The highest BCUT2D eigenvalue weighted by molar-refractivity contribution is 9.10. The Morgan fingerprint density at radius 3 is 2.86 bits per heavy atom. The van der Waals surface area contributed by atoms with Crippen LogP contribution in [0.4, 0.5) is 5.82 Å². The molecular formula is C21H17BrN4O2S. The number of rotatable bonds is 3. The van der Waals surface area contributed by atoms with Gasteiger partial charge in [0, 0.05) is 17.9 Å². The first-order valence-corrected chi connectivity index (χ1v) is 10.7. The summed E-state index contributed by atoms with van der Waals surface area (Å²) in [4.78, 5) is 17.3. The third kappa shape index (κ3) is 3.03. The highest BCUT2D eigenvalue weighted by atomic mass is 79.9. The van der Waals surface area contributed by atoms with Crippen molar-refractivity contribution in [3.63, 3.8) is 0 Å². The SMILES string of the molecule is COc1ccc([C@@H]2CC(=O)Nc3c2c(C)nn3-c2nc3ccccc3s2)cc1Br. The molecule has 1 N–H and O–H groups in total. The molecule has 29 heavy (non-hydrogen) atoms. The normalized spacial score (nSPS) is 16.0. The Morgan fingerprint density at radius 2 is 2.10 bits per heavy atom. The van der Waals surface area contributed by atoms with Gasteiger partial charge in [0.1, 0.15) is 11.6 Å². The Labute approximate surface area is 179 Å². The number of aromatic nitrogens is 3. The van der Waals surface area contributed by atoms with Crippen LogP contribution < -0.4 is 10.1 Å². The molecule has 0 bridgehead atoms. The van der Waals surface area contributed by atoms with Crippen LogP contribution in [-0.4, -0.2) is 27.8 Å². The number of hydrogen-bond donors (Lipinski definition) is 1. The molecule has 6 nitrogen and oxygen atoms in total. The van der Waals surface area contributed by atoms with Crippen molar-refractivity contribution in [1.82, 2.24) is 14.8 Å². The zero-order valence-electron chi connectivity index (χ0n) is 15.8. The van der Waals surface area contributed by atoms with E-state index in [4.69, 9.17) is 14.8 Å². The number of anilines is 1. The van der Waals surface area contributed by atoms with Crippen molar-refractivity contribution < 1.29 is 9.53 Å². The summed E-state index contributed by atoms with van der Waals surface area (Å²) in [6.07, 6.45) is 0.373. The van der Waals surface area contributed by atoms with E-state index in [9.17, 15) is 4.79 Å². The third-order valence-corrected chi connectivity index (χ3v) is 6.78. The number of halogens is 1. The number of carbonyl (C=O) groups excluding carboxylic acids is 1. The molecule has 0 saturated heterocycles. The van der Waals surface area contributed by atoms with E-state index in [0.717, 1.165) is 42.4 Å². The smallest absolute Gasteiger partial charge is 0.226 e. The average molecular weight is 469 g/mol. The molecule has 4 aromatic rings. The molecule has 1 amide bonds. The predicted molar refractivity (Wildman–Crippen MR) is 117 cm³/mol. The summed E-state index contributed by atoms with van der Waals surface area (Å²) in [5, 5.41) is 8.50. The van der Waals surface area contributed by atoms with Crippen molar-refractivity contribution >= 4 is 49.2 Å². The Bertz CT molecular complexity index is 1230. The molecule has 146 valence electrons. The van der Waals surface area contributed by atoms with Crippen LogP contribution in [0.15, 0.2) is 46.9 Å². The Kier molecular flexibility index (Phi) is 4.40. The first-order valence-electron chi connectivity index (χ1n) is 9.14. The molecular weight excluding hydrogens is 452 g/mol. The van der Waals surface area contributed by atoms with Gasteiger partial charge in [-0.25, -0.2) is 4.98 Å². The summed E-state index contributed by atoms with van der Waals surface area (Å²) in [6.45, 7) is 1.98. The van der Waals surface area contributed by atoms with E-state index in [2.05, 4.69) is 21.2 Å². The van der Waals surface area contributed by atoms with Crippen LogP contribution in [0.25, 0.3) is 15.3 Å². The van der Waals surface area contributed by atoms with Gasteiger partial charge < -0.3 is 10.1 Å². The number of carbonyl (C=O) groups is 1. The van der Waals surface area contributed by atoms with Gasteiger partial charge >= 0.3 is 0 Å². The number of methoxy groups -OCH3 is 1. The molecule has 3 heterocycles. The summed E-state index contributed by atoms with van der Waals surface area (Å²) >= 11 is 5.11. The number of ether oxygens (including phenoxy) is 1. The summed E-state index contributed by atoms with van der Waals surface area (Å²) in [5.74, 6) is 1.35. The highest BCUT2D eigenvalue weighted by Gasteiger charge is 2.33. The number of benzene rings is 2. The topological polar surface area (TPSA) is 69.0 Å². The number of hydrogen-bond acceptors (Lipinski definition) is 5. The Balaban J connectivity index is 1.65. The van der Waals surface area contributed by atoms with Crippen molar-refractivity contribution in [2.75, 3.05) is 12.4 Å². The third-order valence-electron chi connectivity index (χ3n) is 5.14. The van der Waals surface area contributed by atoms with Gasteiger partial charge in [0.05, 0.1) is 27.5 Å². The molecule has 0 spiro atoms. The standard InChI is InChI=1S/C21H17BrN4O2S/c1-11-19-13(12-7-8-16(28-2)14(22)9-12)10-18(27)24-20(19)26(25-11)21-23-15-5-3-4-6-17(15)29-21/h3-9,13H,10H2,1-2H3,(H,24,27)/t13-/m0/s1. The Morgan fingerprint density at radius 1 is 1.28 bits per heavy atom. The van der Waals surface area contributed by atoms with E-state index in [-0.39, 0.29) is 11.8 Å². The lowest BCUT2D eigenvalue weighted by Gasteiger charge is -2.24. The molecule has 0 unspecified atom stereocenters. The molecule has 2 aromatic heterocycles. The van der Waals surface area contributed by atoms with Crippen LogP contribution in [0.2, 0.25) is 0 Å². The first kappa shape index (κ1) is 18.3. The van der Waals surface area contributed by atoms with E-state index >= 15 is 0 Å². The molecule has 0 aliphatic carbocycles. The summed E-state index contributed by atoms with van der Waals surface area (Å²) in [7, 11) is 1.64. The van der Waals surface area contributed by atoms with Gasteiger partial charge in [-0.2, -0.15) is 9.78 Å². The molecule has 1 atom stereocenters. The number of para-hydroxylation sites is 1. The summed E-state index contributed by atoms with van der Waals surface area (Å²) < 4.78 is 9.05. The fourth-order valence-electron chi connectivity index (χ4n) is 3.82. The molecule has 5 rings (SSSR count). The van der Waals surface area contributed by atoms with Gasteiger partial charge in [-0.1, -0.05) is 29.5 Å². The van der Waals surface area contributed by atoms with Crippen LogP contribution in [-0.2, 0) is 4.79 Å². The van der Waals surface area contributed by atoms with Gasteiger partial charge in [-0.3, -0.25) is 4.79 Å². The highest BCUT2D eigenvalue weighted by Crippen LogP contribution is 2.42. The van der Waals surface area contributed by atoms with Crippen LogP contribution in [0.3, 0.4) is 0 Å². The van der Waals surface area contributed by atoms with E-state index < -0.39 is 0 Å². The van der Waals surface area contributed by atoms with Crippen molar-refractivity contribution in [3.8, 4) is 10.9 Å². The van der Waals surface area contributed by atoms with E-state index in [1.807, 2.05) is 49.4 Å². The van der Waals surface area contributed by atoms with Crippen LogP contribution in [0.1, 0.15) is 29.2 Å². The number of amides is 1. The van der Waals surface area contributed by atoms with Gasteiger partial charge in [0.2, 0.25) is 11.0 Å². The molecule has 0 fully saturated rings. The average Bonchev–Trinajstić information content (AvgIpc) is 3.28. The molecule has 2 aromatic carbocycles. The van der Waals surface area contributed by atoms with Crippen molar-refractivity contribution in [3.05, 3.63) is 63.8 Å². The van der Waals surface area contributed by atoms with Crippen molar-refractivity contribution in [2.45, 2.75) is 19.3 Å². The summed E-state index contributed by atoms with van der Waals surface area (Å²) in [6, 6.07) is 13.9. The minimum absolute atomic E-state index is 0.0308. The second kappa shape index (κ2) is 6.96. The van der Waals surface area contributed by atoms with Crippen LogP contribution >= 0.6 is 27.3 Å². The minimum Gasteiger partial charge on any atom is -0.496 e. The van der Waals surface area contributed by atoms with Gasteiger partial charge in [-0.15, -0.1) is 0 Å². The molecule has 1 aliphatic rings. The van der Waals surface area contributed by atoms with E-state index in [1.165, 1.54) is 0 Å². The second-order valence-corrected chi connectivity index (χ2v) is 8.79. The number of fused-ring (bicyclic) bond motifs is 2. The maximum absolute atomic E-state index is 12.6. The quantitative estimate of drug-likeness (QED) is 0.457. The fraction of sp³-hybridized carbons (Fsp3) is 0.190. The maximum atomic E-state index is 12.6. The van der Waals surface area contributed by atoms with Crippen LogP contribution in [0, 0.1) is 6.92 Å². The lowest BCUT2D eigenvalue weighted by molar-refractivity contribution is -0.116. The molecule has 1 aliphatic heterocycles. The number of aryl methyl sites for hydroxylation is 1. The van der Waals surface area contributed by atoms with Gasteiger partial charge in [0.25, 0.3) is 0 Å². The number of thiazole rings is 1. The summed E-state index contributed by atoms with van der Waals surface area (Å²) in [5.41, 5.74) is 3.88. The number of nitrogens with one attached hydrogen (secondary N) is 1. The predicted octanol–water partition coefficient (Wildman–Crippen LogP) is 5.04. The first-order chi connectivity index (χ1) is 14.0. The Hall–Kier alpha value is -2.71. The zero-order valence-corrected chi connectivity index (χ0v) is 18.2. The van der Waals surface area contributed by atoms with E-state index in [1.54, 1.807) is 23.1 Å². The van der Waals surface area contributed by atoms with Gasteiger partial charge in [0.15, 0.2) is 0 Å². The van der Waals surface area contributed by atoms with Crippen molar-refractivity contribution in [1.29, 1.82) is 0 Å². The number of nitrogens with zero attached hydrogens (tertiary/aromatic N) is 3. The molecule has 8 heteroatoms. The van der Waals surface area contributed by atoms with E-state index in [0.29, 0.717) is 12.2 Å². The van der Waals surface area contributed by atoms with Crippen LogP contribution in [0.5, 0.6) is 5.75 Å². The largest absolute Gasteiger partial charge is 0.496 e. The second-order valence-electron chi connectivity index (χ2n) is 6.92. The fourth-order valence-corrected chi connectivity index (χ4v) is 5.30. The minimum atomic E-state index is -0.0796.